The highest BCUT2D eigenvalue weighted by Crippen LogP contribution is 2.57. The van der Waals surface area contributed by atoms with Crippen molar-refractivity contribution in [3.8, 4) is 5.88 Å². The number of hydrogen-bond acceptors (Lipinski definition) is 3. The summed E-state index contributed by atoms with van der Waals surface area (Å²) in [5.41, 5.74) is 2.91. The summed E-state index contributed by atoms with van der Waals surface area (Å²) >= 11 is 0. The standard InChI is InChI=1S/C20H25NO3/c1-5-7-13-14-10-12(3)11-20(19(22)23,15(14)6-2)16-8-9-17(24-4)21-18(13)16/h6,8-10,13-14H,5,7,11H2,1-4H3,(H,22,23). The summed E-state index contributed by atoms with van der Waals surface area (Å²) < 4.78 is 5.31. The Kier molecular flexibility index (Phi) is 4.24. The smallest absolute Gasteiger partial charge is 0.318 e. The van der Waals surface area contributed by atoms with Crippen molar-refractivity contribution in [2.75, 3.05) is 7.11 Å². The normalized spacial score (nSPS) is 29.8. The molecule has 0 fully saturated rings. The van der Waals surface area contributed by atoms with Gasteiger partial charge in [-0.15, -0.1) is 0 Å². The molecule has 0 aliphatic heterocycles. The molecule has 0 radical (unpaired) electrons. The zero-order valence-corrected chi connectivity index (χ0v) is 14.8. The molecule has 4 nitrogen and oxygen atoms in total. The molecule has 0 saturated carbocycles. The van der Waals surface area contributed by atoms with Crippen LogP contribution in [-0.2, 0) is 10.2 Å². The largest absolute Gasteiger partial charge is 0.481 e. The van der Waals surface area contributed by atoms with Crippen molar-refractivity contribution < 1.29 is 14.6 Å². The van der Waals surface area contributed by atoms with Gasteiger partial charge in [0.1, 0.15) is 5.41 Å². The highest BCUT2D eigenvalue weighted by atomic mass is 16.5. The number of pyridine rings is 1. The van der Waals surface area contributed by atoms with Gasteiger partial charge in [0, 0.05) is 17.9 Å². The average molecular weight is 327 g/mol. The molecule has 0 amide bonds. The van der Waals surface area contributed by atoms with Crippen molar-refractivity contribution in [3.63, 3.8) is 0 Å². The van der Waals surface area contributed by atoms with Crippen LogP contribution in [0.15, 0.2) is 35.4 Å². The lowest BCUT2D eigenvalue weighted by atomic mass is 9.54. The Balaban J connectivity index is 2.35. The first-order valence-electron chi connectivity index (χ1n) is 8.62. The van der Waals surface area contributed by atoms with Crippen LogP contribution in [0.25, 0.3) is 0 Å². The van der Waals surface area contributed by atoms with Gasteiger partial charge >= 0.3 is 5.97 Å². The van der Waals surface area contributed by atoms with Crippen LogP contribution in [0.3, 0.4) is 0 Å². The molecule has 3 unspecified atom stereocenters. The molecule has 3 atom stereocenters. The van der Waals surface area contributed by atoms with Gasteiger partial charge in [0.05, 0.1) is 12.8 Å². The van der Waals surface area contributed by atoms with E-state index in [1.165, 1.54) is 0 Å². The number of carboxylic acids is 1. The van der Waals surface area contributed by atoms with Crippen LogP contribution in [0.1, 0.15) is 57.2 Å². The van der Waals surface area contributed by atoms with E-state index in [1.807, 2.05) is 26.0 Å². The van der Waals surface area contributed by atoms with Crippen LogP contribution in [-0.4, -0.2) is 23.2 Å². The van der Waals surface area contributed by atoms with Gasteiger partial charge in [-0.3, -0.25) is 4.79 Å². The van der Waals surface area contributed by atoms with E-state index in [-0.39, 0.29) is 11.8 Å². The predicted molar refractivity (Wildman–Crippen MR) is 93.4 cm³/mol. The van der Waals surface area contributed by atoms with Gasteiger partial charge < -0.3 is 9.84 Å². The highest BCUT2D eigenvalue weighted by molar-refractivity contribution is 5.88. The molecule has 1 heterocycles. The Hall–Kier alpha value is -2.10. The molecule has 1 aromatic rings. The Morgan fingerprint density at radius 3 is 2.83 bits per heavy atom. The second-order valence-electron chi connectivity index (χ2n) is 6.85. The van der Waals surface area contributed by atoms with E-state index in [0.717, 1.165) is 35.2 Å². The summed E-state index contributed by atoms with van der Waals surface area (Å²) in [6.45, 7) is 6.16. The van der Waals surface area contributed by atoms with Gasteiger partial charge in [0.25, 0.3) is 0 Å². The van der Waals surface area contributed by atoms with Crippen molar-refractivity contribution in [2.24, 2.45) is 5.92 Å². The lowest BCUT2D eigenvalue weighted by Crippen LogP contribution is -2.48. The first-order valence-corrected chi connectivity index (χ1v) is 8.62. The van der Waals surface area contributed by atoms with E-state index in [2.05, 4.69) is 13.0 Å². The number of allylic oxidation sites excluding steroid dienone is 3. The van der Waals surface area contributed by atoms with Crippen molar-refractivity contribution in [1.29, 1.82) is 0 Å². The topological polar surface area (TPSA) is 59.4 Å². The number of fused-ring (bicyclic) bond motifs is 4. The number of carbonyl (C=O) groups is 1. The molecule has 1 N–H and O–H groups in total. The van der Waals surface area contributed by atoms with Crippen LogP contribution >= 0.6 is 0 Å². The van der Waals surface area contributed by atoms with Gasteiger partial charge in [-0.2, -0.15) is 0 Å². The zero-order valence-electron chi connectivity index (χ0n) is 14.8. The Bertz CT molecular complexity index is 734. The fraction of sp³-hybridized carbons (Fsp3) is 0.500. The molecular formula is C20H25NO3. The van der Waals surface area contributed by atoms with Crippen LogP contribution in [0.4, 0.5) is 0 Å². The zero-order chi connectivity index (χ0) is 17.5. The number of hydrogen-bond donors (Lipinski definition) is 1. The van der Waals surface area contributed by atoms with Gasteiger partial charge in [-0.1, -0.05) is 37.1 Å². The summed E-state index contributed by atoms with van der Waals surface area (Å²) in [6.07, 6.45) is 6.79. The molecule has 128 valence electrons. The van der Waals surface area contributed by atoms with Crippen molar-refractivity contribution in [2.45, 2.75) is 51.4 Å². The molecule has 1 aromatic heterocycles. The minimum atomic E-state index is -0.989. The second-order valence-corrected chi connectivity index (χ2v) is 6.85. The lowest BCUT2D eigenvalue weighted by Gasteiger charge is -2.48. The van der Waals surface area contributed by atoms with E-state index in [0.29, 0.717) is 12.3 Å². The minimum Gasteiger partial charge on any atom is -0.481 e. The summed E-state index contributed by atoms with van der Waals surface area (Å²) in [5, 5.41) is 10.2. The summed E-state index contributed by atoms with van der Waals surface area (Å²) in [6, 6.07) is 3.70. The van der Waals surface area contributed by atoms with Gasteiger partial charge in [-0.05, 0) is 37.8 Å². The fourth-order valence-electron chi connectivity index (χ4n) is 4.61. The van der Waals surface area contributed by atoms with E-state index in [1.54, 1.807) is 13.2 Å². The molecule has 0 aromatic carbocycles. The van der Waals surface area contributed by atoms with Gasteiger partial charge in [0.2, 0.25) is 5.88 Å². The molecule has 4 heteroatoms. The van der Waals surface area contributed by atoms with E-state index < -0.39 is 11.4 Å². The van der Waals surface area contributed by atoms with Crippen LogP contribution in [0.5, 0.6) is 5.88 Å². The van der Waals surface area contributed by atoms with Crippen LogP contribution < -0.4 is 4.74 Å². The van der Waals surface area contributed by atoms with Gasteiger partial charge in [0.15, 0.2) is 0 Å². The SMILES string of the molecule is CC=C1C2C=C(C)CC1(C(=O)O)c1ccc(OC)nc1C2CCC. The minimum absolute atomic E-state index is 0.104. The Morgan fingerprint density at radius 2 is 2.25 bits per heavy atom. The average Bonchev–Trinajstić information content (AvgIpc) is 2.57. The molecule has 2 bridgehead atoms. The summed E-state index contributed by atoms with van der Waals surface area (Å²) in [5.74, 6) is 0.0789. The number of aliphatic carboxylic acids is 1. The quantitative estimate of drug-likeness (QED) is 0.841. The van der Waals surface area contributed by atoms with Crippen LogP contribution in [0.2, 0.25) is 0 Å². The summed E-state index contributed by atoms with van der Waals surface area (Å²) in [4.78, 5) is 17.1. The number of carboxylic acid groups (broad SMARTS) is 1. The molecule has 2 aliphatic rings. The third-order valence-corrected chi connectivity index (χ3v) is 5.49. The predicted octanol–water partition coefficient (Wildman–Crippen LogP) is 4.22. The Morgan fingerprint density at radius 1 is 1.50 bits per heavy atom. The lowest BCUT2D eigenvalue weighted by molar-refractivity contribution is -0.143. The van der Waals surface area contributed by atoms with E-state index in [9.17, 15) is 9.90 Å². The first-order chi connectivity index (χ1) is 11.5. The molecule has 0 spiro atoms. The number of nitrogens with zero attached hydrogens (tertiary/aromatic N) is 1. The van der Waals surface area contributed by atoms with E-state index in [4.69, 9.17) is 9.72 Å². The van der Waals surface area contributed by atoms with E-state index >= 15 is 0 Å². The molecule has 3 rings (SSSR count). The Labute approximate surface area is 143 Å². The van der Waals surface area contributed by atoms with Crippen molar-refractivity contribution in [1.82, 2.24) is 4.98 Å². The molecule has 24 heavy (non-hydrogen) atoms. The first kappa shape index (κ1) is 16.7. The van der Waals surface area contributed by atoms with Crippen molar-refractivity contribution in [3.05, 3.63) is 46.7 Å². The monoisotopic (exact) mass is 327 g/mol. The van der Waals surface area contributed by atoms with Crippen molar-refractivity contribution >= 4 is 5.97 Å². The molecule has 2 aliphatic carbocycles. The number of ether oxygens (including phenoxy) is 1. The van der Waals surface area contributed by atoms with Crippen LogP contribution in [0, 0.1) is 5.92 Å². The third kappa shape index (κ3) is 2.20. The number of methoxy groups -OCH3 is 1. The van der Waals surface area contributed by atoms with Gasteiger partial charge in [-0.25, -0.2) is 4.98 Å². The fourth-order valence-corrected chi connectivity index (χ4v) is 4.61. The maximum absolute atomic E-state index is 12.5. The highest BCUT2D eigenvalue weighted by Gasteiger charge is 2.55. The number of rotatable bonds is 4. The number of aromatic nitrogens is 1. The maximum atomic E-state index is 12.5. The maximum Gasteiger partial charge on any atom is 0.318 e. The molecule has 0 saturated heterocycles. The second kappa shape index (κ2) is 6.08. The third-order valence-electron chi connectivity index (χ3n) is 5.49. The molecular weight excluding hydrogens is 302 g/mol. The summed E-state index contributed by atoms with van der Waals surface area (Å²) in [7, 11) is 1.60.